The number of aryl methyl sites for hydroxylation is 1. The lowest BCUT2D eigenvalue weighted by molar-refractivity contribution is -0.142. The van der Waals surface area contributed by atoms with Gasteiger partial charge in [0.2, 0.25) is 0 Å². The normalized spacial score (nSPS) is 10.9. The Balaban J connectivity index is 2.77. The Morgan fingerprint density at radius 3 is 2.50 bits per heavy atom. The summed E-state index contributed by atoms with van der Waals surface area (Å²) >= 11 is 3.31. The lowest BCUT2D eigenvalue weighted by Crippen LogP contribution is -2.51. The van der Waals surface area contributed by atoms with Crippen molar-refractivity contribution in [3.63, 3.8) is 0 Å². The maximum Gasteiger partial charge on any atom is 0.328 e. The predicted octanol–water partition coefficient (Wildman–Crippen LogP) is 2.74. The van der Waals surface area contributed by atoms with Gasteiger partial charge in [-0.1, -0.05) is 22.0 Å². The van der Waals surface area contributed by atoms with Gasteiger partial charge in [0, 0.05) is 10.2 Å². The third-order valence-corrected chi connectivity index (χ3v) is 2.90. The highest BCUT2D eigenvalue weighted by Gasteiger charge is 2.28. The molecular formula is C12H15BrN2O3. The van der Waals surface area contributed by atoms with Gasteiger partial charge >= 0.3 is 12.0 Å². The molecule has 2 amide bonds. The fourth-order valence-corrected chi connectivity index (χ4v) is 1.58. The molecule has 0 radical (unpaired) electrons. The molecule has 6 heteroatoms. The van der Waals surface area contributed by atoms with Crippen LogP contribution in [-0.2, 0) is 4.79 Å². The minimum Gasteiger partial charge on any atom is -0.480 e. The van der Waals surface area contributed by atoms with E-state index in [-0.39, 0.29) is 0 Å². The molecule has 5 nitrogen and oxygen atoms in total. The molecule has 1 aromatic carbocycles. The summed E-state index contributed by atoms with van der Waals surface area (Å²) in [5.74, 6) is -1.09. The fraction of sp³-hybridized carbons (Fsp3) is 0.333. The quantitative estimate of drug-likeness (QED) is 0.802. The summed E-state index contributed by atoms with van der Waals surface area (Å²) in [5.41, 5.74) is 0.203. The van der Waals surface area contributed by atoms with E-state index < -0.39 is 17.5 Å². The highest BCUT2D eigenvalue weighted by molar-refractivity contribution is 9.10. The highest BCUT2D eigenvalue weighted by atomic mass is 79.9. The summed E-state index contributed by atoms with van der Waals surface area (Å²) in [6, 6.07) is 4.91. The average Bonchev–Trinajstić information content (AvgIpc) is 2.22. The number of carbonyl (C=O) groups is 2. The largest absolute Gasteiger partial charge is 0.480 e. The van der Waals surface area contributed by atoms with Gasteiger partial charge in [0.05, 0.1) is 0 Å². The Labute approximate surface area is 114 Å². The molecule has 0 aromatic heterocycles. The molecular weight excluding hydrogens is 300 g/mol. The zero-order valence-electron chi connectivity index (χ0n) is 10.4. The molecule has 0 aliphatic carbocycles. The summed E-state index contributed by atoms with van der Waals surface area (Å²) in [6.07, 6.45) is 0. The number of benzene rings is 1. The van der Waals surface area contributed by atoms with Crippen LogP contribution in [0.1, 0.15) is 19.4 Å². The van der Waals surface area contributed by atoms with Crippen LogP contribution >= 0.6 is 15.9 Å². The zero-order chi connectivity index (χ0) is 13.9. The topological polar surface area (TPSA) is 78.4 Å². The predicted molar refractivity (Wildman–Crippen MR) is 72.7 cm³/mol. The van der Waals surface area contributed by atoms with Gasteiger partial charge in [-0.3, -0.25) is 0 Å². The van der Waals surface area contributed by atoms with Gasteiger partial charge in [0.25, 0.3) is 0 Å². The first-order valence-electron chi connectivity index (χ1n) is 5.31. The Morgan fingerprint density at radius 2 is 1.94 bits per heavy atom. The van der Waals surface area contributed by atoms with Crippen LogP contribution in [0.3, 0.4) is 0 Å². The lowest BCUT2D eigenvalue weighted by atomic mass is 10.1. The molecule has 3 N–H and O–H groups in total. The minimum absolute atomic E-state index is 0.552. The molecule has 0 spiro atoms. The molecule has 18 heavy (non-hydrogen) atoms. The third-order valence-electron chi connectivity index (χ3n) is 2.41. The van der Waals surface area contributed by atoms with Gasteiger partial charge in [-0.15, -0.1) is 0 Å². The second-order valence-corrected chi connectivity index (χ2v) is 5.38. The van der Waals surface area contributed by atoms with Crippen LogP contribution in [0.25, 0.3) is 0 Å². The molecule has 0 aliphatic heterocycles. The van der Waals surface area contributed by atoms with E-state index in [1.54, 1.807) is 6.07 Å². The van der Waals surface area contributed by atoms with Crippen LogP contribution in [0.2, 0.25) is 0 Å². The smallest absolute Gasteiger partial charge is 0.328 e. The van der Waals surface area contributed by atoms with Gasteiger partial charge in [-0.05, 0) is 38.5 Å². The molecule has 0 bridgehead atoms. The number of carboxylic acid groups (broad SMARTS) is 1. The second-order valence-electron chi connectivity index (χ2n) is 4.47. The second kappa shape index (κ2) is 5.39. The standard InChI is InChI=1S/C12H15BrN2O3/c1-7-4-5-8(13)6-9(7)14-11(18)15-12(2,3)10(16)17/h4-6H,1-3H3,(H,16,17)(H2,14,15,18). The molecule has 1 aromatic rings. The molecule has 0 unspecified atom stereocenters. The zero-order valence-corrected chi connectivity index (χ0v) is 12.0. The number of rotatable bonds is 3. The minimum atomic E-state index is -1.32. The third kappa shape index (κ3) is 3.73. The van der Waals surface area contributed by atoms with Crippen molar-refractivity contribution in [1.29, 1.82) is 0 Å². The number of carboxylic acids is 1. The van der Waals surface area contributed by atoms with Crippen molar-refractivity contribution in [2.75, 3.05) is 5.32 Å². The number of urea groups is 1. The number of carbonyl (C=O) groups excluding carboxylic acids is 1. The fourth-order valence-electron chi connectivity index (χ4n) is 1.22. The van der Waals surface area contributed by atoms with Crippen LogP contribution in [0.5, 0.6) is 0 Å². The van der Waals surface area contributed by atoms with E-state index in [0.29, 0.717) is 5.69 Å². The van der Waals surface area contributed by atoms with Crippen molar-refractivity contribution < 1.29 is 14.7 Å². The molecule has 0 saturated carbocycles. The Morgan fingerprint density at radius 1 is 1.33 bits per heavy atom. The maximum atomic E-state index is 11.7. The number of hydrogen-bond donors (Lipinski definition) is 3. The van der Waals surface area contributed by atoms with Crippen LogP contribution in [0, 0.1) is 6.92 Å². The van der Waals surface area contributed by atoms with Crippen molar-refractivity contribution in [1.82, 2.24) is 5.32 Å². The Bertz CT molecular complexity index is 486. The van der Waals surface area contributed by atoms with Gasteiger partial charge in [0.1, 0.15) is 5.54 Å². The first kappa shape index (κ1) is 14.5. The number of nitrogens with one attached hydrogen (secondary N) is 2. The first-order chi connectivity index (χ1) is 8.22. The van der Waals surface area contributed by atoms with Crippen molar-refractivity contribution in [2.45, 2.75) is 26.3 Å². The first-order valence-corrected chi connectivity index (χ1v) is 6.10. The number of amides is 2. The molecule has 0 atom stereocenters. The van der Waals surface area contributed by atoms with Crippen molar-refractivity contribution in [2.24, 2.45) is 0 Å². The van der Waals surface area contributed by atoms with Crippen molar-refractivity contribution in [3.05, 3.63) is 28.2 Å². The Kier molecular flexibility index (Phi) is 4.34. The molecule has 0 heterocycles. The van der Waals surface area contributed by atoms with E-state index >= 15 is 0 Å². The van der Waals surface area contributed by atoms with Crippen LogP contribution in [-0.4, -0.2) is 22.6 Å². The molecule has 0 aliphatic rings. The lowest BCUT2D eigenvalue weighted by Gasteiger charge is -2.21. The SMILES string of the molecule is Cc1ccc(Br)cc1NC(=O)NC(C)(C)C(=O)O. The van der Waals surface area contributed by atoms with Crippen LogP contribution in [0.4, 0.5) is 10.5 Å². The number of aliphatic carboxylic acids is 1. The molecule has 98 valence electrons. The molecule has 0 fully saturated rings. The van der Waals surface area contributed by atoms with Gasteiger partial charge in [-0.25, -0.2) is 9.59 Å². The van der Waals surface area contributed by atoms with E-state index in [0.717, 1.165) is 10.0 Å². The van der Waals surface area contributed by atoms with Gasteiger partial charge < -0.3 is 15.7 Å². The average molecular weight is 315 g/mol. The summed E-state index contributed by atoms with van der Waals surface area (Å²) in [5, 5.41) is 13.9. The van der Waals surface area contributed by atoms with E-state index in [4.69, 9.17) is 5.11 Å². The van der Waals surface area contributed by atoms with Gasteiger partial charge in [-0.2, -0.15) is 0 Å². The summed E-state index contributed by atoms with van der Waals surface area (Å²) in [4.78, 5) is 22.6. The van der Waals surface area contributed by atoms with E-state index in [9.17, 15) is 9.59 Å². The molecule has 1 rings (SSSR count). The van der Waals surface area contributed by atoms with E-state index in [1.807, 2.05) is 19.1 Å². The Hall–Kier alpha value is -1.56. The monoisotopic (exact) mass is 314 g/mol. The maximum absolute atomic E-state index is 11.7. The number of hydrogen-bond acceptors (Lipinski definition) is 2. The highest BCUT2D eigenvalue weighted by Crippen LogP contribution is 2.20. The summed E-state index contributed by atoms with van der Waals surface area (Å²) in [6.45, 7) is 4.69. The molecule has 0 saturated heterocycles. The summed E-state index contributed by atoms with van der Waals surface area (Å²) < 4.78 is 0.834. The number of halogens is 1. The van der Waals surface area contributed by atoms with Crippen LogP contribution < -0.4 is 10.6 Å². The van der Waals surface area contributed by atoms with Crippen molar-refractivity contribution in [3.8, 4) is 0 Å². The summed E-state index contributed by atoms with van der Waals surface area (Å²) in [7, 11) is 0. The number of anilines is 1. The van der Waals surface area contributed by atoms with Gasteiger partial charge in [0.15, 0.2) is 0 Å². The van der Waals surface area contributed by atoms with Crippen molar-refractivity contribution >= 4 is 33.6 Å². The van der Waals surface area contributed by atoms with E-state index in [1.165, 1.54) is 13.8 Å². The van der Waals surface area contributed by atoms with Crippen LogP contribution in [0.15, 0.2) is 22.7 Å². The van der Waals surface area contributed by atoms with E-state index in [2.05, 4.69) is 26.6 Å².